The lowest BCUT2D eigenvalue weighted by Gasteiger charge is -2.42. The number of benzene rings is 2. The average molecular weight is 320 g/mol. The zero-order valence-corrected chi connectivity index (χ0v) is 12.3. The summed E-state index contributed by atoms with van der Waals surface area (Å²) >= 11 is 3.26. The fraction of sp³-hybridized carbons (Fsp3) is 0.250. The second kappa shape index (κ2) is 4.97. The van der Waals surface area contributed by atoms with Crippen LogP contribution in [0, 0.1) is 12.7 Å². The molecule has 2 aromatic carbocycles. The zero-order chi connectivity index (χ0) is 13.4. The lowest BCUT2D eigenvalue weighted by atomic mass is 9.90. The van der Waals surface area contributed by atoms with Gasteiger partial charge in [-0.15, -0.1) is 0 Å². The van der Waals surface area contributed by atoms with E-state index in [2.05, 4.69) is 45.1 Å². The molecule has 0 spiro atoms. The number of nitrogens with zero attached hydrogens (tertiary/aromatic N) is 1. The van der Waals surface area contributed by atoms with E-state index in [0.717, 1.165) is 24.3 Å². The maximum Gasteiger partial charge on any atom is 0.137 e. The van der Waals surface area contributed by atoms with E-state index in [-0.39, 0.29) is 5.82 Å². The number of hydrogen-bond donors (Lipinski definition) is 0. The van der Waals surface area contributed by atoms with E-state index in [1.165, 1.54) is 5.56 Å². The molecule has 1 aliphatic heterocycles. The Bertz CT molecular complexity index is 591. The maximum atomic E-state index is 13.4. The molecule has 3 heteroatoms. The van der Waals surface area contributed by atoms with Crippen molar-refractivity contribution in [2.75, 3.05) is 18.0 Å². The summed E-state index contributed by atoms with van der Waals surface area (Å²) in [6.45, 7) is 3.96. The largest absolute Gasteiger partial charge is 0.370 e. The lowest BCUT2D eigenvalue weighted by molar-refractivity contribution is 0.523. The average Bonchev–Trinajstić information content (AvgIpc) is 2.35. The number of rotatable bonds is 2. The summed E-state index contributed by atoms with van der Waals surface area (Å²) in [4.78, 5) is 2.30. The van der Waals surface area contributed by atoms with Gasteiger partial charge in [0, 0.05) is 24.7 Å². The molecule has 1 fully saturated rings. The van der Waals surface area contributed by atoms with Crippen LogP contribution in [0.4, 0.5) is 10.1 Å². The van der Waals surface area contributed by atoms with Crippen molar-refractivity contribution in [2.24, 2.45) is 0 Å². The standard InChI is InChI=1S/C16H15BrFN/c1-11-7-15(18)14(17)8-16(11)19-9-13(10-19)12-5-3-2-4-6-12/h2-8,13H,9-10H2,1H3. The highest BCUT2D eigenvalue weighted by atomic mass is 79.9. The molecule has 19 heavy (non-hydrogen) atoms. The topological polar surface area (TPSA) is 3.24 Å². The van der Waals surface area contributed by atoms with Gasteiger partial charge in [-0.05, 0) is 46.1 Å². The molecule has 1 aliphatic rings. The van der Waals surface area contributed by atoms with Crippen LogP contribution in [0.25, 0.3) is 0 Å². The van der Waals surface area contributed by atoms with E-state index in [1.807, 2.05) is 19.1 Å². The van der Waals surface area contributed by atoms with Gasteiger partial charge in [-0.1, -0.05) is 30.3 Å². The Labute approximate surface area is 121 Å². The Morgan fingerprint density at radius 3 is 2.53 bits per heavy atom. The third-order valence-electron chi connectivity index (χ3n) is 3.73. The summed E-state index contributed by atoms with van der Waals surface area (Å²) in [6, 6.07) is 14.0. The third kappa shape index (κ3) is 2.39. The minimum atomic E-state index is -0.193. The second-order valence-electron chi connectivity index (χ2n) is 5.07. The molecule has 0 bridgehead atoms. The summed E-state index contributed by atoms with van der Waals surface area (Å²) in [7, 11) is 0. The fourth-order valence-corrected chi connectivity index (χ4v) is 2.92. The molecule has 1 heterocycles. The molecule has 1 saturated heterocycles. The van der Waals surface area contributed by atoms with Crippen LogP contribution in [0.15, 0.2) is 46.9 Å². The van der Waals surface area contributed by atoms with E-state index >= 15 is 0 Å². The van der Waals surface area contributed by atoms with Gasteiger partial charge in [-0.3, -0.25) is 0 Å². The normalized spacial score (nSPS) is 15.4. The van der Waals surface area contributed by atoms with Gasteiger partial charge in [0.1, 0.15) is 5.82 Å². The number of hydrogen-bond acceptors (Lipinski definition) is 1. The van der Waals surface area contributed by atoms with Crippen molar-refractivity contribution in [2.45, 2.75) is 12.8 Å². The Hall–Kier alpha value is -1.35. The predicted octanol–water partition coefficient (Wildman–Crippen LogP) is 4.50. The molecular formula is C16H15BrFN. The molecule has 0 N–H and O–H groups in total. The molecule has 2 aromatic rings. The van der Waals surface area contributed by atoms with Crippen molar-refractivity contribution in [3.05, 3.63) is 63.9 Å². The van der Waals surface area contributed by atoms with Crippen LogP contribution in [0.1, 0.15) is 17.0 Å². The Kier molecular flexibility index (Phi) is 3.31. The van der Waals surface area contributed by atoms with Crippen LogP contribution in [0.5, 0.6) is 0 Å². The molecule has 0 aliphatic carbocycles. The Morgan fingerprint density at radius 2 is 1.84 bits per heavy atom. The van der Waals surface area contributed by atoms with Crippen molar-refractivity contribution in [3.63, 3.8) is 0 Å². The minimum Gasteiger partial charge on any atom is -0.370 e. The number of anilines is 1. The van der Waals surface area contributed by atoms with Crippen molar-refractivity contribution in [1.82, 2.24) is 0 Å². The van der Waals surface area contributed by atoms with Gasteiger partial charge < -0.3 is 4.90 Å². The molecule has 0 atom stereocenters. The first kappa shape index (κ1) is 12.7. The van der Waals surface area contributed by atoms with Gasteiger partial charge in [0.2, 0.25) is 0 Å². The molecule has 1 nitrogen and oxygen atoms in total. The minimum absolute atomic E-state index is 0.193. The van der Waals surface area contributed by atoms with Crippen molar-refractivity contribution in [1.29, 1.82) is 0 Å². The predicted molar refractivity (Wildman–Crippen MR) is 80.2 cm³/mol. The van der Waals surface area contributed by atoms with Gasteiger partial charge in [-0.25, -0.2) is 4.39 Å². The van der Waals surface area contributed by atoms with Gasteiger partial charge >= 0.3 is 0 Å². The van der Waals surface area contributed by atoms with Crippen LogP contribution in [-0.2, 0) is 0 Å². The van der Waals surface area contributed by atoms with E-state index in [1.54, 1.807) is 6.07 Å². The lowest BCUT2D eigenvalue weighted by Crippen LogP contribution is -2.45. The van der Waals surface area contributed by atoms with E-state index in [9.17, 15) is 4.39 Å². The monoisotopic (exact) mass is 319 g/mol. The zero-order valence-electron chi connectivity index (χ0n) is 10.7. The fourth-order valence-electron chi connectivity index (χ4n) is 2.59. The molecule has 0 unspecified atom stereocenters. The van der Waals surface area contributed by atoms with E-state index in [4.69, 9.17) is 0 Å². The number of aryl methyl sites for hydroxylation is 1. The van der Waals surface area contributed by atoms with Crippen LogP contribution in [0.2, 0.25) is 0 Å². The van der Waals surface area contributed by atoms with Crippen molar-refractivity contribution < 1.29 is 4.39 Å². The summed E-state index contributed by atoms with van der Waals surface area (Å²) < 4.78 is 14.0. The van der Waals surface area contributed by atoms with Crippen molar-refractivity contribution in [3.8, 4) is 0 Å². The first-order valence-corrected chi connectivity index (χ1v) is 7.20. The van der Waals surface area contributed by atoms with Crippen molar-refractivity contribution >= 4 is 21.6 Å². The molecule has 0 aromatic heterocycles. The molecule has 3 rings (SSSR count). The van der Waals surface area contributed by atoms with E-state index < -0.39 is 0 Å². The van der Waals surface area contributed by atoms with Gasteiger partial charge in [0.05, 0.1) is 4.47 Å². The Balaban J connectivity index is 1.76. The highest BCUT2D eigenvalue weighted by Gasteiger charge is 2.29. The SMILES string of the molecule is Cc1cc(F)c(Br)cc1N1CC(c2ccccc2)C1. The van der Waals surface area contributed by atoms with Crippen LogP contribution >= 0.6 is 15.9 Å². The van der Waals surface area contributed by atoms with Gasteiger partial charge in [0.15, 0.2) is 0 Å². The maximum absolute atomic E-state index is 13.4. The molecule has 0 radical (unpaired) electrons. The summed E-state index contributed by atoms with van der Waals surface area (Å²) in [6.07, 6.45) is 0. The smallest absolute Gasteiger partial charge is 0.137 e. The third-order valence-corrected chi connectivity index (χ3v) is 4.34. The molecular weight excluding hydrogens is 305 g/mol. The molecule has 0 saturated carbocycles. The first-order valence-electron chi connectivity index (χ1n) is 6.40. The summed E-state index contributed by atoms with van der Waals surface area (Å²) in [5.41, 5.74) is 3.50. The highest BCUT2D eigenvalue weighted by Crippen LogP contribution is 2.35. The Morgan fingerprint density at radius 1 is 1.16 bits per heavy atom. The van der Waals surface area contributed by atoms with Crippen LogP contribution < -0.4 is 4.90 Å². The molecule has 98 valence electrons. The highest BCUT2D eigenvalue weighted by molar-refractivity contribution is 9.10. The van der Waals surface area contributed by atoms with E-state index in [0.29, 0.717) is 10.4 Å². The summed E-state index contributed by atoms with van der Waals surface area (Å²) in [5, 5.41) is 0. The first-order chi connectivity index (χ1) is 9.15. The van der Waals surface area contributed by atoms with Crippen LogP contribution in [-0.4, -0.2) is 13.1 Å². The quantitative estimate of drug-likeness (QED) is 0.787. The number of halogens is 2. The molecule has 0 amide bonds. The van der Waals surface area contributed by atoms with Crippen LogP contribution in [0.3, 0.4) is 0 Å². The second-order valence-corrected chi connectivity index (χ2v) is 5.92. The summed E-state index contributed by atoms with van der Waals surface area (Å²) in [5.74, 6) is 0.394. The van der Waals surface area contributed by atoms with Gasteiger partial charge in [0.25, 0.3) is 0 Å². The van der Waals surface area contributed by atoms with Gasteiger partial charge in [-0.2, -0.15) is 0 Å².